The van der Waals surface area contributed by atoms with Gasteiger partial charge in [-0.05, 0) is 17.5 Å². The Bertz CT molecular complexity index is 1110. The molecule has 0 aliphatic carbocycles. The third-order valence-electron chi connectivity index (χ3n) is 5.51. The van der Waals surface area contributed by atoms with Crippen LogP contribution in [0.15, 0.2) is 30.5 Å². The van der Waals surface area contributed by atoms with E-state index in [1.807, 2.05) is 12.1 Å². The van der Waals surface area contributed by atoms with Crippen LogP contribution in [-0.4, -0.2) is 80.7 Å². The Kier molecular flexibility index (Phi) is 9.93. The Labute approximate surface area is 206 Å². The molecule has 36 heavy (non-hydrogen) atoms. The molecule has 0 bridgehead atoms. The number of fused-ring (bicyclic) bond motifs is 1. The van der Waals surface area contributed by atoms with Crippen LogP contribution in [0, 0.1) is 5.92 Å². The Morgan fingerprint density at radius 2 is 1.58 bits per heavy atom. The maximum atomic E-state index is 12.8. The Morgan fingerprint density at radius 3 is 2.17 bits per heavy atom. The molecule has 3 amide bonds. The molecule has 0 saturated heterocycles. The number of carbonyl (C=O) groups is 5. The first kappa shape index (κ1) is 28.3. The van der Waals surface area contributed by atoms with Crippen molar-refractivity contribution in [3.63, 3.8) is 0 Å². The van der Waals surface area contributed by atoms with Gasteiger partial charge in [-0.15, -0.1) is 0 Å². The molecule has 0 saturated carbocycles. The lowest BCUT2D eigenvalue weighted by atomic mass is 10.0. The zero-order valence-electron chi connectivity index (χ0n) is 19.9. The van der Waals surface area contributed by atoms with Crippen LogP contribution in [0.4, 0.5) is 0 Å². The number of amides is 3. The van der Waals surface area contributed by atoms with Gasteiger partial charge in [0.1, 0.15) is 18.1 Å². The maximum absolute atomic E-state index is 12.8. The number of aliphatic hydroxyl groups is 1. The molecule has 2 rings (SSSR count). The maximum Gasteiger partial charge on any atom is 0.326 e. The van der Waals surface area contributed by atoms with Crippen molar-refractivity contribution in [1.82, 2.24) is 20.9 Å². The molecule has 2 aromatic rings. The zero-order chi connectivity index (χ0) is 27.0. The van der Waals surface area contributed by atoms with E-state index in [-0.39, 0.29) is 6.42 Å². The van der Waals surface area contributed by atoms with E-state index in [0.29, 0.717) is 5.56 Å². The van der Waals surface area contributed by atoms with Gasteiger partial charge in [0, 0.05) is 23.5 Å². The second-order valence-corrected chi connectivity index (χ2v) is 8.64. The molecule has 13 nitrogen and oxygen atoms in total. The summed E-state index contributed by atoms with van der Waals surface area (Å²) in [7, 11) is 0. The van der Waals surface area contributed by atoms with Crippen molar-refractivity contribution in [3.8, 4) is 0 Å². The number of benzene rings is 1. The number of nitrogens with two attached hydrogens (primary N) is 1. The molecule has 0 fully saturated rings. The lowest BCUT2D eigenvalue weighted by molar-refractivity contribution is -0.142. The highest BCUT2D eigenvalue weighted by atomic mass is 16.4. The minimum Gasteiger partial charge on any atom is -0.481 e. The number of carboxylic acid groups (broad SMARTS) is 2. The topological polar surface area (TPSA) is 224 Å². The number of aliphatic hydroxyl groups excluding tert-OH is 1. The molecule has 0 radical (unpaired) electrons. The number of H-pyrrole nitrogens is 1. The first-order valence-electron chi connectivity index (χ1n) is 11.2. The van der Waals surface area contributed by atoms with Crippen molar-refractivity contribution in [2.45, 2.75) is 50.9 Å². The van der Waals surface area contributed by atoms with Gasteiger partial charge in [0.2, 0.25) is 17.7 Å². The lowest BCUT2D eigenvalue weighted by Crippen LogP contribution is -2.59. The van der Waals surface area contributed by atoms with Crippen LogP contribution in [-0.2, 0) is 30.4 Å². The predicted octanol–water partition coefficient (Wildman–Crippen LogP) is -1.30. The van der Waals surface area contributed by atoms with Crippen LogP contribution in [0.1, 0.15) is 25.8 Å². The fourth-order valence-electron chi connectivity index (χ4n) is 3.52. The van der Waals surface area contributed by atoms with Gasteiger partial charge in [0.25, 0.3) is 0 Å². The molecule has 0 aliphatic rings. The molecule has 0 spiro atoms. The normalized spacial score (nSPS) is 14.5. The molecule has 13 heteroatoms. The predicted molar refractivity (Wildman–Crippen MR) is 128 cm³/mol. The number of hydrogen-bond donors (Lipinski definition) is 8. The van der Waals surface area contributed by atoms with E-state index in [4.69, 9.17) is 10.8 Å². The molecule has 4 atom stereocenters. The van der Waals surface area contributed by atoms with Gasteiger partial charge < -0.3 is 42.0 Å². The standard InChI is InChI=1S/C23H31N5O8/c1-11(2)19(28-20(32)14(24)8-18(30)31)22(34)27-17(10-29)21(33)26-16(23(35)36)7-12-9-25-15-6-4-3-5-13(12)15/h3-6,9,11,14,16-17,19,25,29H,7-8,10,24H2,1-2H3,(H,26,33)(H,27,34)(H,28,32)(H,30,31)(H,35,36). The van der Waals surface area contributed by atoms with E-state index >= 15 is 0 Å². The highest BCUT2D eigenvalue weighted by Crippen LogP contribution is 2.19. The monoisotopic (exact) mass is 505 g/mol. The van der Waals surface area contributed by atoms with E-state index in [2.05, 4.69) is 20.9 Å². The summed E-state index contributed by atoms with van der Waals surface area (Å²) in [5.74, 6) is -5.73. The average molecular weight is 506 g/mol. The number of aromatic amines is 1. The fraction of sp³-hybridized carbons (Fsp3) is 0.435. The van der Waals surface area contributed by atoms with Gasteiger partial charge in [0.05, 0.1) is 19.1 Å². The minimum absolute atomic E-state index is 0.0523. The van der Waals surface area contributed by atoms with E-state index in [1.54, 1.807) is 32.2 Å². The van der Waals surface area contributed by atoms with Gasteiger partial charge in [-0.25, -0.2) is 4.79 Å². The molecule has 1 heterocycles. The van der Waals surface area contributed by atoms with Gasteiger partial charge in [-0.3, -0.25) is 19.2 Å². The van der Waals surface area contributed by atoms with Gasteiger partial charge in [-0.2, -0.15) is 0 Å². The molecular formula is C23H31N5O8. The van der Waals surface area contributed by atoms with E-state index in [9.17, 15) is 34.2 Å². The summed E-state index contributed by atoms with van der Waals surface area (Å²) in [6.45, 7) is 2.36. The lowest BCUT2D eigenvalue weighted by Gasteiger charge is -2.26. The molecule has 1 aromatic carbocycles. The highest BCUT2D eigenvalue weighted by Gasteiger charge is 2.32. The van der Waals surface area contributed by atoms with E-state index < -0.39 is 72.8 Å². The third kappa shape index (κ3) is 7.52. The molecule has 4 unspecified atom stereocenters. The number of para-hydroxylation sites is 1. The molecule has 196 valence electrons. The number of nitrogens with one attached hydrogen (secondary N) is 4. The van der Waals surface area contributed by atoms with E-state index in [0.717, 1.165) is 10.9 Å². The number of aliphatic carboxylic acids is 2. The number of hydrogen-bond acceptors (Lipinski definition) is 7. The van der Waals surface area contributed by atoms with Gasteiger partial charge >= 0.3 is 11.9 Å². The van der Waals surface area contributed by atoms with Crippen molar-refractivity contribution < 1.29 is 39.3 Å². The average Bonchev–Trinajstić information content (AvgIpc) is 3.22. The first-order valence-corrected chi connectivity index (χ1v) is 11.2. The van der Waals surface area contributed by atoms with Gasteiger partial charge in [-0.1, -0.05) is 32.0 Å². The number of carboxylic acids is 2. The summed E-state index contributed by atoms with van der Waals surface area (Å²) in [6, 6.07) is 1.80. The van der Waals surface area contributed by atoms with Gasteiger partial charge in [0.15, 0.2) is 0 Å². The van der Waals surface area contributed by atoms with Crippen molar-refractivity contribution in [3.05, 3.63) is 36.0 Å². The number of aromatic nitrogens is 1. The number of rotatable bonds is 13. The van der Waals surface area contributed by atoms with Crippen molar-refractivity contribution >= 4 is 40.6 Å². The smallest absolute Gasteiger partial charge is 0.326 e. The SMILES string of the molecule is CC(C)C(NC(=O)C(N)CC(=O)O)C(=O)NC(CO)C(=O)NC(Cc1c[nH]c2ccccc12)C(=O)O. The second kappa shape index (κ2) is 12.7. The first-order chi connectivity index (χ1) is 16.9. The fourth-order valence-corrected chi connectivity index (χ4v) is 3.52. The van der Waals surface area contributed by atoms with Crippen LogP contribution in [0.2, 0.25) is 0 Å². The Hall–Kier alpha value is -3.97. The molecule has 0 aliphatic heterocycles. The Morgan fingerprint density at radius 1 is 0.944 bits per heavy atom. The van der Waals surface area contributed by atoms with E-state index in [1.165, 1.54) is 0 Å². The van der Waals surface area contributed by atoms with Crippen LogP contribution in [0.3, 0.4) is 0 Å². The summed E-state index contributed by atoms with van der Waals surface area (Å²) in [6.07, 6.45) is 0.944. The second-order valence-electron chi connectivity index (χ2n) is 8.64. The minimum atomic E-state index is -1.51. The molecular weight excluding hydrogens is 474 g/mol. The molecule has 9 N–H and O–H groups in total. The summed E-state index contributed by atoms with van der Waals surface area (Å²) in [5, 5.41) is 35.9. The van der Waals surface area contributed by atoms with Crippen LogP contribution in [0.5, 0.6) is 0 Å². The highest BCUT2D eigenvalue weighted by molar-refractivity contribution is 5.95. The largest absolute Gasteiger partial charge is 0.481 e. The third-order valence-corrected chi connectivity index (χ3v) is 5.51. The summed E-state index contributed by atoms with van der Waals surface area (Å²) in [4.78, 5) is 63.3. The van der Waals surface area contributed by atoms with Crippen molar-refractivity contribution in [2.24, 2.45) is 11.7 Å². The summed E-state index contributed by atoms with van der Waals surface area (Å²) in [5.41, 5.74) is 6.98. The van der Waals surface area contributed by atoms with Crippen LogP contribution < -0.4 is 21.7 Å². The van der Waals surface area contributed by atoms with Crippen molar-refractivity contribution in [2.75, 3.05) is 6.61 Å². The van der Waals surface area contributed by atoms with Crippen LogP contribution >= 0.6 is 0 Å². The zero-order valence-corrected chi connectivity index (χ0v) is 19.9. The van der Waals surface area contributed by atoms with Crippen LogP contribution in [0.25, 0.3) is 10.9 Å². The summed E-state index contributed by atoms with van der Waals surface area (Å²) >= 11 is 0. The molecule has 1 aromatic heterocycles. The number of carbonyl (C=O) groups excluding carboxylic acids is 3. The Balaban J connectivity index is 2.08. The van der Waals surface area contributed by atoms with Crippen molar-refractivity contribution in [1.29, 1.82) is 0 Å². The summed E-state index contributed by atoms with van der Waals surface area (Å²) < 4.78 is 0. The quantitative estimate of drug-likeness (QED) is 0.162.